The van der Waals surface area contributed by atoms with Crippen LogP contribution in [0, 0.1) is 19.7 Å². The summed E-state index contributed by atoms with van der Waals surface area (Å²) < 4.78 is 43.1. The Morgan fingerprint density at radius 1 is 1.17 bits per heavy atom. The molecule has 2 aromatic rings. The molecule has 158 valence electrons. The maximum absolute atomic E-state index is 13.5. The molecule has 0 saturated carbocycles. The molecule has 0 unspecified atom stereocenters. The highest BCUT2D eigenvalue weighted by Crippen LogP contribution is 2.27. The molecule has 0 bridgehead atoms. The average Bonchev–Trinajstić information content (AvgIpc) is 2.64. The van der Waals surface area contributed by atoms with E-state index < -0.39 is 16.2 Å². The Balaban J connectivity index is 0.000000234. The number of carboxylic acid groups (broad SMARTS) is 1. The fourth-order valence-corrected chi connectivity index (χ4v) is 3.53. The quantitative estimate of drug-likeness (QED) is 0.637. The molecule has 29 heavy (non-hydrogen) atoms. The number of halogens is 1. The van der Waals surface area contributed by atoms with Crippen molar-refractivity contribution in [3.63, 3.8) is 0 Å². The van der Waals surface area contributed by atoms with E-state index in [1.165, 1.54) is 23.1 Å². The van der Waals surface area contributed by atoms with Crippen molar-refractivity contribution < 1.29 is 27.3 Å². The van der Waals surface area contributed by atoms with E-state index in [-0.39, 0.29) is 22.7 Å². The second-order valence-electron chi connectivity index (χ2n) is 7.08. The van der Waals surface area contributed by atoms with Crippen LogP contribution in [0.1, 0.15) is 29.0 Å². The van der Waals surface area contributed by atoms with Gasteiger partial charge in [-0.2, -0.15) is 8.42 Å². The first-order valence-corrected chi connectivity index (χ1v) is 10.5. The first-order chi connectivity index (χ1) is 13.5. The van der Waals surface area contributed by atoms with Crippen LogP contribution in [0.25, 0.3) is 0 Å². The van der Waals surface area contributed by atoms with Crippen molar-refractivity contribution in [1.29, 1.82) is 0 Å². The molecular formula is C20H25FN2O5S. The van der Waals surface area contributed by atoms with Crippen molar-refractivity contribution in [3.05, 3.63) is 65.0 Å². The van der Waals surface area contributed by atoms with Crippen LogP contribution < -0.4 is 5.73 Å². The summed E-state index contributed by atoms with van der Waals surface area (Å²) in [4.78, 5) is 12.2. The van der Waals surface area contributed by atoms with Gasteiger partial charge in [-0.25, -0.2) is 9.18 Å². The van der Waals surface area contributed by atoms with Crippen molar-refractivity contribution in [2.24, 2.45) is 5.73 Å². The number of likely N-dealkylation sites (tertiary alicyclic amines) is 1. The van der Waals surface area contributed by atoms with Crippen molar-refractivity contribution >= 4 is 16.2 Å². The van der Waals surface area contributed by atoms with E-state index in [1.54, 1.807) is 25.1 Å². The fourth-order valence-electron chi connectivity index (χ4n) is 3.05. The molecule has 1 amide bonds. The van der Waals surface area contributed by atoms with Gasteiger partial charge in [0.25, 0.3) is 10.1 Å². The molecule has 0 radical (unpaired) electrons. The summed E-state index contributed by atoms with van der Waals surface area (Å²) in [7, 11) is -4.02. The molecule has 3 rings (SSSR count). The minimum absolute atomic E-state index is 0.0666. The second kappa shape index (κ2) is 9.34. The Hall–Kier alpha value is -2.49. The maximum atomic E-state index is 13.5. The molecule has 2 aromatic carbocycles. The molecule has 0 aliphatic carbocycles. The normalized spacial score (nSPS) is 19.3. The number of hydrogen-bond donors (Lipinski definition) is 3. The van der Waals surface area contributed by atoms with Crippen LogP contribution >= 0.6 is 0 Å². The van der Waals surface area contributed by atoms with E-state index >= 15 is 0 Å². The Morgan fingerprint density at radius 2 is 1.79 bits per heavy atom. The second-order valence-corrected chi connectivity index (χ2v) is 8.51. The van der Waals surface area contributed by atoms with E-state index in [0.29, 0.717) is 25.1 Å². The zero-order valence-corrected chi connectivity index (χ0v) is 17.1. The van der Waals surface area contributed by atoms with Crippen molar-refractivity contribution in [1.82, 2.24) is 4.90 Å². The Morgan fingerprint density at radius 3 is 2.31 bits per heavy atom. The molecule has 1 aliphatic rings. The Labute approximate surface area is 169 Å². The molecular weight excluding hydrogens is 399 g/mol. The Bertz CT molecular complexity index is 963. The molecule has 0 aromatic heterocycles. The molecule has 1 heterocycles. The highest BCUT2D eigenvalue weighted by molar-refractivity contribution is 7.85. The predicted molar refractivity (Wildman–Crippen MR) is 107 cm³/mol. The number of nitrogens with zero attached hydrogens (tertiary/aromatic N) is 1. The highest BCUT2D eigenvalue weighted by Gasteiger charge is 2.30. The number of benzene rings is 2. The standard InChI is InChI=1S/C13H17FN2O2.C7H8O3S/c1-8-2-3-9(6-11(8)14)10-7-16(13(17)18)5-4-12(10)15;1-6-2-4-7(5-3-6)11(8,9)10/h2-3,6,10,12H,4-5,7,15H2,1H3,(H,17,18);2-5H,1H3,(H,8,9,10)/t10-,12+;/m0./s1. The molecule has 0 spiro atoms. The van der Waals surface area contributed by atoms with Gasteiger partial charge in [0.1, 0.15) is 5.82 Å². The first-order valence-electron chi connectivity index (χ1n) is 9.02. The largest absolute Gasteiger partial charge is 0.465 e. The average molecular weight is 424 g/mol. The monoisotopic (exact) mass is 424 g/mol. The lowest BCUT2D eigenvalue weighted by Gasteiger charge is -2.35. The number of amides is 1. The van der Waals surface area contributed by atoms with Gasteiger partial charge in [0.15, 0.2) is 0 Å². The van der Waals surface area contributed by atoms with Crippen molar-refractivity contribution in [3.8, 4) is 0 Å². The van der Waals surface area contributed by atoms with Crippen LogP contribution in [0.3, 0.4) is 0 Å². The van der Waals surface area contributed by atoms with E-state index in [2.05, 4.69) is 0 Å². The van der Waals surface area contributed by atoms with E-state index in [1.807, 2.05) is 13.0 Å². The van der Waals surface area contributed by atoms with Gasteiger partial charge >= 0.3 is 6.09 Å². The Kier molecular flexibility index (Phi) is 7.34. The fraction of sp³-hybridized carbons (Fsp3) is 0.350. The van der Waals surface area contributed by atoms with Crippen LogP contribution in [0.5, 0.6) is 0 Å². The van der Waals surface area contributed by atoms with Crippen molar-refractivity contribution in [2.45, 2.75) is 37.1 Å². The third-order valence-electron chi connectivity index (χ3n) is 4.88. The number of rotatable bonds is 2. The highest BCUT2D eigenvalue weighted by atomic mass is 32.2. The van der Waals surface area contributed by atoms with Gasteiger partial charge in [0.2, 0.25) is 0 Å². The first kappa shape index (κ1) is 22.8. The zero-order valence-electron chi connectivity index (χ0n) is 16.2. The maximum Gasteiger partial charge on any atom is 0.407 e. The van der Waals surface area contributed by atoms with Crippen molar-refractivity contribution in [2.75, 3.05) is 13.1 Å². The smallest absolute Gasteiger partial charge is 0.407 e. The number of nitrogens with two attached hydrogens (primary N) is 1. The molecule has 7 nitrogen and oxygen atoms in total. The van der Waals surface area contributed by atoms with Crippen LogP contribution in [0.2, 0.25) is 0 Å². The summed E-state index contributed by atoms with van der Waals surface area (Å²) in [5.74, 6) is -0.405. The summed E-state index contributed by atoms with van der Waals surface area (Å²) in [6, 6.07) is 10.9. The number of piperidine rings is 1. The summed E-state index contributed by atoms with van der Waals surface area (Å²) in [5.41, 5.74) is 8.33. The van der Waals surface area contributed by atoms with Gasteiger partial charge in [-0.15, -0.1) is 0 Å². The van der Waals surface area contributed by atoms with Gasteiger partial charge in [-0.05, 0) is 49.6 Å². The lowest BCUT2D eigenvalue weighted by atomic mass is 9.86. The topological polar surface area (TPSA) is 121 Å². The molecule has 1 aliphatic heterocycles. The van der Waals surface area contributed by atoms with E-state index in [9.17, 15) is 17.6 Å². The van der Waals surface area contributed by atoms with Crippen LogP contribution in [-0.2, 0) is 10.1 Å². The predicted octanol–water partition coefficient (Wildman–Crippen LogP) is 3.17. The number of hydrogen-bond acceptors (Lipinski definition) is 4. The van der Waals surface area contributed by atoms with Gasteiger partial charge in [0, 0.05) is 25.0 Å². The third kappa shape index (κ3) is 6.25. The molecule has 1 fully saturated rings. The minimum atomic E-state index is -4.02. The molecule has 1 saturated heterocycles. The van der Waals surface area contributed by atoms with E-state index in [0.717, 1.165) is 11.1 Å². The van der Waals surface area contributed by atoms with Gasteiger partial charge < -0.3 is 15.7 Å². The van der Waals surface area contributed by atoms with E-state index in [4.69, 9.17) is 15.4 Å². The molecule has 2 atom stereocenters. The van der Waals surface area contributed by atoms with Crippen LogP contribution in [0.4, 0.5) is 9.18 Å². The summed E-state index contributed by atoms with van der Waals surface area (Å²) in [5, 5.41) is 9.00. The molecule has 9 heteroatoms. The third-order valence-corrected chi connectivity index (χ3v) is 5.75. The van der Waals surface area contributed by atoms with Crippen LogP contribution in [0.15, 0.2) is 47.4 Å². The molecule has 4 N–H and O–H groups in total. The van der Waals surface area contributed by atoms with Gasteiger partial charge in [0.05, 0.1) is 4.90 Å². The number of carbonyl (C=O) groups is 1. The lowest BCUT2D eigenvalue weighted by molar-refractivity contribution is 0.126. The zero-order chi connectivity index (χ0) is 21.8. The SMILES string of the molecule is Cc1ccc(S(=O)(=O)O)cc1.Cc1ccc([C@@H]2CN(C(=O)O)CC[C@H]2N)cc1F. The number of aryl methyl sites for hydroxylation is 2. The summed E-state index contributed by atoms with van der Waals surface area (Å²) >= 11 is 0. The summed E-state index contributed by atoms with van der Waals surface area (Å²) in [6.07, 6.45) is -0.341. The van der Waals surface area contributed by atoms with Gasteiger partial charge in [-0.1, -0.05) is 29.8 Å². The summed E-state index contributed by atoms with van der Waals surface area (Å²) in [6.45, 7) is 4.32. The lowest BCUT2D eigenvalue weighted by Crippen LogP contribution is -2.47. The minimum Gasteiger partial charge on any atom is -0.465 e. The van der Waals surface area contributed by atoms with Gasteiger partial charge in [-0.3, -0.25) is 4.55 Å². The van der Waals surface area contributed by atoms with Crippen LogP contribution in [-0.4, -0.2) is 48.2 Å².